The van der Waals surface area contributed by atoms with E-state index >= 15 is 0 Å². The monoisotopic (exact) mass is 340 g/mol. The number of carbonyl (C=O) groups excluding carboxylic acids is 1. The van der Waals surface area contributed by atoms with Crippen LogP contribution in [0.25, 0.3) is 0 Å². The molecule has 0 unspecified atom stereocenters. The largest absolute Gasteiger partial charge is 0.342 e. The van der Waals surface area contributed by atoms with Gasteiger partial charge in [-0.15, -0.1) is 0 Å². The Bertz CT molecular complexity index is 692. The van der Waals surface area contributed by atoms with Gasteiger partial charge in [-0.25, -0.2) is 4.98 Å². The zero-order valence-electron chi connectivity index (χ0n) is 15.3. The van der Waals surface area contributed by atoms with Crippen LogP contribution in [0.15, 0.2) is 30.7 Å². The Morgan fingerprint density at radius 2 is 2.20 bits per heavy atom. The van der Waals surface area contributed by atoms with Crippen LogP contribution in [0.1, 0.15) is 43.3 Å². The second-order valence-corrected chi connectivity index (χ2v) is 7.00. The molecule has 1 saturated heterocycles. The number of nitrogens with zero attached hydrogens (tertiary/aromatic N) is 4. The summed E-state index contributed by atoms with van der Waals surface area (Å²) in [4.78, 5) is 23.4. The molecule has 5 heteroatoms. The Morgan fingerprint density at radius 3 is 2.96 bits per heavy atom. The van der Waals surface area contributed by atoms with Gasteiger partial charge in [0.2, 0.25) is 5.91 Å². The molecule has 2 aromatic heterocycles. The standard InChI is InChI=1S/C20H28N4O/c1-3-19-21-9-12-23(19)11-8-20(25)24-10-4-5-18(15-24)13-17-7-6-16(2)22-14-17/h6-7,9,12,14,18H,3-5,8,10-11,13,15H2,1-2H3/t18-/m0/s1. The maximum Gasteiger partial charge on any atom is 0.224 e. The van der Waals surface area contributed by atoms with E-state index in [0.29, 0.717) is 12.3 Å². The lowest BCUT2D eigenvalue weighted by Gasteiger charge is -2.33. The highest BCUT2D eigenvalue weighted by atomic mass is 16.2. The number of amides is 1. The molecule has 2 aromatic rings. The molecule has 0 N–H and O–H groups in total. The summed E-state index contributed by atoms with van der Waals surface area (Å²) in [7, 11) is 0. The molecule has 3 heterocycles. The predicted octanol–water partition coefficient (Wildman–Crippen LogP) is 3.02. The summed E-state index contributed by atoms with van der Waals surface area (Å²) in [6.07, 6.45) is 10.5. The van der Waals surface area contributed by atoms with Gasteiger partial charge in [0.1, 0.15) is 5.82 Å². The van der Waals surface area contributed by atoms with Crippen LogP contribution in [0.4, 0.5) is 0 Å². The van der Waals surface area contributed by atoms with Crippen molar-refractivity contribution >= 4 is 5.91 Å². The number of hydrogen-bond donors (Lipinski definition) is 0. The minimum absolute atomic E-state index is 0.266. The van der Waals surface area contributed by atoms with Crippen molar-refractivity contribution in [3.8, 4) is 0 Å². The molecule has 1 atom stereocenters. The Hall–Kier alpha value is -2.17. The molecule has 1 amide bonds. The van der Waals surface area contributed by atoms with Gasteiger partial charge in [-0.2, -0.15) is 0 Å². The van der Waals surface area contributed by atoms with Crippen LogP contribution in [0, 0.1) is 12.8 Å². The Balaban J connectivity index is 1.51. The van der Waals surface area contributed by atoms with Crippen molar-refractivity contribution in [3.05, 3.63) is 47.8 Å². The number of carbonyl (C=O) groups is 1. The maximum absolute atomic E-state index is 12.6. The molecule has 134 valence electrons. The van der Waals surface area contributed by atoms with Gasteiger partial charge < -0.3 is 9.47 Å². The first kappa shape index (κ1) is 17.6. The van der Waals surface area contributed by atoms with Crippen LogP contribution >= 0.6 is 0 Å². The highest BCUT2D eigenvalue weighted by molar-refractivity contribution is 5.76. The van der Waals surface area contributed by atoms with Gasteiger partial charge in [-0.1, -0.05) is 13.0 Å². The summed E-state index contributed by atoms with van der Waals surface area (Å²) < 4.78 is 2.09. The van der Waals surface area contributed by atoms with Gasteiger partial charge in [0.25, 0.3) is 0 Å². The number of likely N-dealkylation sites (tertiary alicyclic amines) is 1. The fourth-order valence-electron chi connectivity index (χ4n) is 3.64. The van der Waals surface area contributed by atoms with E-state index in [2.05, 4.69) is 38.5 Å². The molecule has 25 heavy (non-hydrogen) atoms. The van der Waals surface area contributed by atoms with E-state index in [9.17, 15) is 4.79 Å². The number of aryl methyl sites for hydroxylation is 3. The highest BCUT2D eigenvalue weighted by Crippen LogP contribution is 2.21. The van der Waals surface area contributed by atoms with Gasteiger partial charge >= 0.3 is 0 Å². The van der Waals surface area contributed by atoms with Crippen LogP contribution in [0.3, 0.4) is 0 Å². The van der Waals surface area contributed by atoms with Crippen LogP contribution in [-0.2, 0) is 24.2 Å². The van der Waals surface area contributed by atoms with Crippen molar-refractivity contribution < 1.29 is 4.79 Å². The van der Waals surface area contributed by atoms with Crippen molar-refractivity contribution in [2.45, 2.75) is 52.5 Å². The summed E-state index contributed by atoms with van der Waals surface area (Å²) in [5.41, 5.74) is 2.33. The third-order valence-electron chi connectivity index (χ3n) is 5.05. The second kappa shape index (κ2) is 8.28. The van der Waals surface area contributed by atoms with Gasteiger partial charge in [0.15, 0.2) is 0 Å². The molecule has 0 aromatic carbocycles. The molecule has 1 fully saturated rings. The second-order valence-electron chi connectivity index (χ2n) is 7.00. The normalized spacial score (nSPS) is 17.7. The maximum atomic E-state index is 12.6. The van der Waals surface area contributed by atoms with E-state index in [-0.39, 0.29) is 5.91 Å². The van der Waals surface area contributed by atoms with E-state index in [1.54, 1.807) is 0 Å². The number of rotatable bonds is 6. The minimum atomic E-state index is 0.266. The number of hydrogen-bond acceptors (Lipinski definition) is 3. The van der Waals surface area contributed by atoms with Crippen molar-refractivity contribution in [3.63, 3.8) is 0 Å². The summed E-state index contributed by atoms with van der Waals surface area (Å²) in [6.45, 7) is 6.60. The number of pyridine rings is 1. The predicted molar refractivity (Wildman–Crippen MR) is 98.2 cm³/mol. The quantitative estimate of drug-likeness (QED) is 0.812. The zero-order chi connectivity index (χ0) is 17.6. The molecule has 0 spiro atoms. The average molecular weight is 340 g/mol. The Labute approximate surface area is 150 Å². The number of aromatic nitrogens is 3. The molecule has 0 bridgehead atoms. The lowest BCUT2D eigenvalue weighted by molar-refractivity contribution is -0.133. The molecule has 3 rings (SSSR count). The van der Waals surface area contributed by atoms with Crippen LogP contribution in [-0.4, -0.2) is 38.4 Å². The lowest BCUT2D eigenvalue weighted by Crippen LogP contribution is -2.40. The first-order chi connectivity index (χ1) is 12.2. The smallest absolute Gasteiger partial charge is 0.224 e. The molecule has 1 aliphatic rings. The van der Waals surface area contributed by atoms with Gasteiger partial charge in [-0.05, 0) is 43.7 Å². The SMILES string of the molecule is CCc1nccn1CCC(=O)N1CCC[C@@H](Cc2ccc(C)nc2)C1. The highest BCUT2D eigenvalue weighted by Gasteiger charge is 2.23. The van der Waals surface area contributed by atoms with Gasteiger partial charge in [0.05, 0.1) is 0 Å². The van der Waals surface area contributed by atoms with E-state index in [1.807, 2.05) is 25.5 Å². The summed E-state index contributed by atoms with van der Waals surface area (Å²) in [5.74, 6) is 1.86. The van der Waals surface area contributed by atoms with Gasteiger partial charge in [0, 0.05) is 56.8 Å². The molecule has 1 aliphatic heterocycles. The lowest BCUT2D eigenvalue weighted by atomic mass is 9.91. The van der Waals surface area contributed by atoms with E-state index < -0.39 is 0 Å². The van der Waals surface area contributed by atoms with E-state index in [0.717, 1.165) is 50.4 Å². The first-order valence-corrected chi connectivity index (χ1v) is 9.35. The summed E-state index contributed by atoms with van der Waals surface area (Å²) in [5, 5.41) is 0. The van der Waals surface area contributed by atoms with E-state index in [1.165, 1.54) is 12.0 Å². The Kier molecular flexibility index (Phi) is 5.84. The Morgan fingerprint density at radius 1 is 1.32 bits per heavy atom. The fraction of sp³-hybridized carbons (Fsp3) is 0.550. The average Bonchev–Trinajstić information content (AvgIpc) is 3.09. The first-order valence-electron chi connectivity index (χ1n) is 9.35. The number of imidazole rings is 1. The van der Waals surface area contributed by atoms with Gasteiger partial charge in [-0.3, -0.25) is 9.78 Å². The van der Waals surface area contributed by atoms with Crippen molar-refractivity contribution in [1.29, 1.82) is 0 Å². The molecule has 0 radical (unpaired) electrons. The fourth-order valence-corrected chi connectivity index (χ4v) is 3.64. The number of piperidine rings is 1. The van der Waals surface area contributed by atoms with Crippen LogP contribution < -0.4 is 0 Å². The van der Waals surface area contributed by atoms with Crippen molar-refractivity contribution in [2.75, 3.05) is 13.1 Å². The zero-order valence-corrected chi connectivity index (χ0v) is 15.3. The van der Waals surface area contributed by atoms with Crippen molar-refractivity contribution in [1.82, 2.24) is 19.4 Å². The third-order valence-corrected chi connectivity index (χ3v) is 5.05. The van der Waals surface area contributed by atoms with E-state index in [4.69, 9.17) is 0 Å². The van der Waals surface area contributed by atoms with Crippen LogP contribution in [0.5, 0.6) is 0 Å². The minimum Gasteiger partial charge on any atom is -0.342 e. The molecule has 0 saturated carbocycles. The summed E-state index contributed by atoms with van der Waals surface area (Å²) >= 11 is 0. The molecule has 5 nitrogen and oxygen atoms in total. The molecular weight excluding hydrogens is 312 g/mol. The molecular formula is C20H28N4O. The molecule has 0 aliphatic carbocycles. The van der Waals surface area contributed by atoms with Crippen LogP contribution in [0.2, 0.25) is 0 Å². The van der Waals surface area contributed by atoms with Crippen molar-refractivity contribution in [2.24, 2.45) is 5.92 Å². The third kappa shape index (κ3) is 4.68. The topological polar surface area (TPSA) is 51.0 Å². The summed E-state index contributed by atoms with van der Waals surface area (Å²) in [6, 6.07) is 4.23.